The van der Waals surface area contributed by atoms with Crippen LogP contribution in [0.3, 0.4) is 0 Å². The van der Waals surface area contributed by atoms with Crippen molar-refractivity contribution in [1.29, 1.82) is 5.26 Å². The molecule has 1 unspecified atom stereocenters. The van der Waals surface area contributed by atoms with E-state index in [1.165, 1.54) is 0 Å². The Morgan fingerprint density at radius 2 is 2.04 bits per heavy atom. The molecule has 2 aromatic rings. The Morgan fingerprint density at radius 1 is 1.40 bits per heavy atom. The van der Waals surface area contributed by atoms with Crippen LogP contribution >= 0.6 is 0 Å². The predicted octanol–water partition coefficient (Wildman–Crippen LogP) is 2.52. The van der Waals surface area contributed by atoms with E-state index >= 15 is 0 Å². The first kappa shape index (κ1) is 18.7. The lowest BCUT2D eigenvalue weighted by atomic mass is 9.85. The van der Waals surface area contributed by atoms with E-state index in [0.717, 1.165) is 17.5 Å². The topological polar surface area (TPSA) is 82.2 Å². The van der Waals surface area contributed by atoms with E-state index < -0.39 is 17.4 Å². The maximum Gasteiger partial charge on any atom is 0.325 e. The highest BCUT2D eigenvalue weighted by Crippen LogP contribution is 2.26. The van der Waals surface area contributed by atoms with Gasteiger partial charge in [-0.1, -0.05) is 24.3 Å². The number of aryl methyl sites for hydroxylation is 1. The Morgan fingerprint density at radius 3 is 2.52 bits per heavy atom. The summed E-state index contributed by atoms with van der Waals surface area (Å²) in [6, 6.07) is 8.80. The van der Waals surface area contributed by atoms with Gasteiger partial charge in [0.25, 0.3) is 0 Å². The quantitative estimate of drug-likeness (QED) is 0.837. The molecule has 6 heteroatoms. The van der Waals surface area contributed by atoms with Gasteiger partial charge in [-0.3, -0.25) is 14.4 Å². The first-order valence-electron chi connectivity index (χ1n) is 8.17. The normalized spacial score (nSPS) is 12.8. The van der Waals surface area contributed by atoms with Crippen molar-refractivity contribution >= 4 is 5.97 Å². The fourth-order valence-electron chi connectivity index (χ4n) is 2.77. The maximum atomic E-state index is 11.8. The summed E-state index contributed by atoms with van der Waals surface area (Å²) >= 11 is 0. The molecule has 1 aromatic carbocycles. The molecule has 0 saturated heterocycles. The van der Waals surface area contributed by atoms with E-state index in [4.69, 9.17) is 0 Å². The third-order valence-corrected chi connectivity index (χ3v) is 4.41. The minimum Gasteiger partial charge on any atom is -0.480 e. The number of carboxylic acid groups (broad SMARTS) is 1. The number of aliphatic carboxylic acids is 1. The Balaban J connectivity index is 2.14. The van der Waals surface area contributed by atoms with Crippen LogP contribution in [0, 0.1) is 11.3 Å². The number of nitriles is 1. The van der Waals surface area contributed by atoms with Crippen LogP contribution in [0.15, 0.2) is 36.7 Å². The van der Waals surface area contributed by atoms with Crippen molar-refractivity contribution in [2.24, 2.45) is 7.05 Å². The molecule has 0 aliphatic carbocycles. The van der Waals surface area contributed by atoms with Gasteiger partial charge in [0.1, 0.15) is 6.04 Å². The van der Waals surface area contributed by atoms with Gasteiger partial charge in [-0.25, -0.2) is 0 Å². The molecule has 0 aliphatic rings. The average molecular weight is 340 g/mol. The lowest BCUT2D eigenvalue weighted by Gasteiger charge is -2.25. The molecule has 0 amide bonds. The second kappa shape index (κ2) is 7.49. The van der Waals surface area contributed by atoms with Gasteiger partial charge < -0.3 is 5.11 Å². The van der Waals surface area contributed by atoms with Crippen molar-refractivity contribution < 1.29 is 9.90 Å². The highest BCUT2D eigenvalue weighted by Gasteiger charge is 2.26. The molecule has 0 aliphatic heterocycles. The van der Waals surface area contributed by atoms with Crippen molar-refractivity contribution in [2.45, 2.75) is 31.7 Å². The Hall–Kier alpha value is -2.65. The molecule has 25 heavy (non-hydrogen) atoms. The fraction of sp³-hybridized carbons (Fsp3) is 0.421. The van der Waals surface area contributed by atoms with Crippen LogP contribution in [0.4, 0.5) is 0 Å². The molecule has 0 spiro atoms. The van der Waals surface area contributed by atoms with Gasteiger partial charge in [-0.05, 0) is 44.0 Å². The lowest BCUT2D eigenvalue weighted by Crippen LogP contribution is -2.32. The van der Waals surface area contributed by atoms with Gasteiger partial charge in [0.2, 0.25) is 0 Å². The van der Waals surface area contributed by atoms with Crippen LogP contribution in [0.1, 0.15) is 36.6 Å². The zero-order valence-corrected chi connectivity index (χ0v) is 15.1. The van der Waals surface area contributed by atoms with Gasteiger partial charge in [-0.15, -0.1) is 0 Å². The Bertz CT molecular complexity index is 771. The second-order valence-corrected chi connectivity index (χ2v) is 6.85. The fourth-order valence-corrected chi connectivity index (χ4v) is 2.77. The number of hydrogen-bond acceptors (Lipinski definition) is 4. The highest BCUT2D eigenvalue weighted by atomic mass is 16.4. The molecular weight excluding hydrogens is 316 g/mol. The number of aromatic nitrogens is 2. The predicted molar refractivity (Wildman–Crippen MR) is 95.0 cm³/mol. The van der Waals surface area contributed by atoms with Crippen LogP contribution in [-0.2, 0) is 23.7 Å². The van der Waals surface area contributed by atoms with Gasteiger partial charge >= 0.3 is 5.97 Å². The average Bonchev–Trinajstić information content (AvgIpc) is 2.99. The van der Waals surface area contributed by atoms with Crippen molar-refractivity contribution in [3.8, 4) is 6.07 Å². The molecule has 2 rings (SSSR count). The van der Waals surface area contributed by atoms with Crippen LogP contribution in [-0.4, -0.2) is 39.3 Å². The summed E-state index contributed by atoms with van der Waals surface area (Å²) in [6.07, 6.45) is 4.46. The zero-order chi connectivity index (χ0) is 18.6. The number of likely N-dealkylation sites (N-methyl/N-ethyl adjacent to an activating group) is 1. The van der Waals surface area contributed by atoms with Crippen LogP contribution in [0.5, 0.6) is 0 Å². The molecule has 0 bridgehead atoms. The van der Waals surface area contributed by atoms with Gasteiger partial charge in [0.05, 0.1) is 17.7 Å². The van der Waals surface area contributed by atoms with Crippen molar-refractivity contribution in [1.82, 2.24) is 14.7 Å². The SMILES string of the molecule is CN(CCc1cnn(C)c1)C(C(=O)O)c1ccc(C(C)(C)C#N)cc1. The molecule has 6 nitrogen and oxygen atoms in total. The van der Waals surface area contributed by atoms with E-state index in [1.807, 2.05) is 51.2 Å². The summed E-state index contributed by atoms with van der Waals surface area (Å²) in [5.74, 6) is -0.888. The van der Waals surface area contributed by atoms with Gasteiger partial charge in [0, 0.05) is 19.8 Å². The summed E-state index contributed by atoms with van der Waals surface area (Å²) in [5, 5.41) is 23.0. The third kappa shape index (κ3) is 4.46. The highest BCUT2D eigenvalue weighted by molar-refractivity contribution is 5.75. The maximum absolute atomic E-state index is 11.8. The van der Waals surface area contributed by atoms with Crippen molar-refractivity contribution in [3.63, 3.8) is 0 Å². The molecule has 1 atom stereocenters. The van der Waals surface area contributed by atoms with E-state index in [0.29, 0.717) is 12.1 Å². The molecule has 132 valence electrons. The minimum atomic E-state index is -0.888. The van der Waals surface area contributed by atoms with E-state index in [-0.39, 0.29) is 0 Å². The number of carboxylic acids is 1. The Kier molecular flexibility index (Phi) is 5.60. The lowest BCUT2D eigenvalue weighted by molar-refractivity contribution is -0.143. The standard InChI is InChI=1S/C19H24N4O2/c1-19(2,13-20)16-7-5-15(6-8-16)17(18(24)25)22(3)10-9-14-11-21-23(4)12-14/h5-8,11-12,17H,9-10H2,1-4H3,(H,24,25). The molecule has 1 aromatic heterocycles. The molecular formula is C19H24N4O2. The van der Waals surface area contributed by atoms with Gasteiger partial charge in [-0.2, -0.15) is 10.4 Å². The monoisotopic (exact) mass is 340 g/mol. The molecule has 0 fully saturated rings. The molecule has 1 heterocycles. The summed E-state index contributed by atoms with van der Waals surface area (Å²) in [4.78, 5) is 13.6. The molecule has 1 N–H and O–H groups in total. The number of rotatable bonds is 7. The molecule has 0 radical (unpaired) electrons. The van der Waals surface area contributed by atoms with Crippen molar-refractivity contribution in [2.75, 3.05) is 13.6 Å². The number of carbonyl (C=O) groups is 1. The zero-order valence-electron chi connectivity index (χ0n) is 15.1. The third-order valence-electron chi connectivity index (χ3n) is 4.41. The smallest absolute Gasteiger partial charge is 0.325 e. The number of hydrogen-bond donors (Lipinski definition) is 1. The number of nitrogens with zero attached hydrogens (tertiary/aromatic N) is 4. The summed E-state index contributed by atoms with van der Waals surface area (Å²) in [6.45, 7) is 4.29. The minimum absolute atomic E-state index is 0.594. The van der Waals surface area contributed by atoms with E-state index in [1.54, 1.807) is 23.0 Å². The first-order chi connectivity index (χ1) is 11.7. The van der Waals surface area contributed by atoms with E-state index in [2.05, 4.69) is 11.2 Å². The first-order valence-corrected chi connectivity index (χ1v) is 8.17. The summed E-state index contributed by atoms with van der Waals surface area (Å²) in [5.41, 5.74) is 2.06. The number of benzene rings is 1. The van der Waals surface area contributed by atoms with E-state index in [9.17, 15) is 15.2 Å². The van der Waals surface area contributed by atoms with Crippen molar-refractivity contribution in [3.05, 3.63) is 53.3 Å². The van der Waals surface area contributed by atoms with Crippen LogP contribution < -0.4 is 0 Å². The van der Waals surface area contributed by atoms with Crippen LogP contribution in [0.2, 0.25) is 0 Å². The summed E-state index contributed by atoms with van der Waals surface area (Å²) < 4.78 is 1.74. The Labute approximate surface area is 148 Å². The molecule has 0 saturated carbocycles. The summed E-state index contributed by atoms with van der Waals surface area (Å²) in [7, 11) is 3.67. The second-order valence-electron chi connectivity index (χ2n) is 6.85. The van der Waals surface area contributed by atoms with Crippen LogP contribution in [0.25, 0.3) is 0 Å². The largest absolute Gasteiger partial charge is 0.480 e. The van der Waals surface area contributed by atoms with Gasteiger partial charge in [0.15, 0.2) is 0 Å².